The van der Waals surface area contributed by atoms with Gasteiger partial charge in [-0.15, -0.1) is 22.7 Å². The molecule has 0 spiro atoms. The summed E-state index contributed by atoms with van der Waals surface area (Å²) in [6.07, 6.45) is 2.56. The highest BCUT2D eigenvalue weighted by atomic mass is 32.1. The van der Waals surface area contributed by atoms with Crippen LogP contribution in [-0.4, -0.2) is 34.4 Å². The number of carbonyl (C=O) groups is 2. The number of aromatic nitrogens is 2. The molecule has 0 unspecified atom stereocenters. The van der Waals surface area contributed by atoms with E-state index in [1.54, 1.807) is 22.7 Å². The van der Waals surface area contributed by atoms with Crippen LogP contribution >= 0.6 is 22.7 Å². The van der Waals surface area contributed by atoms with E-state index in [1.807, 2.05) is 95.7 Å². The van der Waals surface area contributed by atoms with Gasteiger partial charge in [-0.25, -0.2) is 9.97 Å². The van der Waals surface area contributed by atoms with Gasteiger partial charge in [-0.2, -0.15) is 0 Å². The molecule has 6 aromatic rings. The van der Waals surface area contributed by atoms with Gasteiger partial charge in [0, 0.05) is 23.4 Å². The van der Waals surface area contributed by atoms with Crippen LogP contribution in [0.3, 0.4) is 0 Å². The number of fused-ring (bicyclic) bond motifs is 2. The van der Waals surface area contributed by atoms with Crippen LogP contribution in [0.25, 0.3) is 42.9 Å². The van der Waals surface area contributed by atoms with E-state index in [2.05, 4.69) is 31.4 Å². The Kier molecular flexibility index (Phi) is 7.95. The number of amides is 2. The molecule has 7 rings (SSSR count). The Morgan fingerprint density at radius 3 is 1.83 bits per heavy atom. The van der Waals surface area contributed by atoms with Crippen molar-refractivity contribution in [3.8, 4) is 21.1 Å². The maximum atomic E-state index is 14.0. The van der Waals surface area contributed by atoms with E-state index in [-0.39, 0.29) is 28.7 Å². The molecule has 0 saturated heterocycles. The van der Waals surface area contributed by atoms with Crippen molar-refractivity contribution >= 4 is 56.3 Å². The molecule has 2 N–H and O–H groups in total. The van der Waals surface area contributed by atoms with Crippen molar-refractivity contribution in [3.63, 3.8) is 0 Å². The number of para-hydroxylation sites is 2. The Hall–Kier alpha value is -4.40. The molecule has 2 aromatic carbocycles. The van der Waals surface area contributed by atoms with Gasteiger partial charge >= 0.3 is 0 Å². The summed E-state index contributed by atoms with van der Waals surface area (Å²) in [5.41, 5.74) is 4.25. The van der Waals surface area contributed by atoms with Crippen LogP contribution in [0.15, 0.2) is 95.7 Å². The lowest BCUT2D eigenvalue weighted by atomic mass is 9.62. The lowest BCUT2D eigenvalue weighted by Crippen LogP contribution is -2.50. The van der Waals surface area contributed by atoms with Crippen LogP contribution < -0.4 is 10.6 Å². The standard InChI is InChI=1S/C38H36N4O2S2/c1-37(2)20-24(40-36(44)28-19-32(34-15-9-17-46-34)42-30-13-7-5-11-26(28)30)21-38(3,22-37)23-39-35(43)27-18-31(33-14-8-16-45-33)41-29-12-6-4-10-25(27)29/h4-19,24H,20-23H2,1-3H3,(H,39,43)(H,40,44)/t24-,38-/m1/s1. The normalized spacial score (nSPS) is 19.2. The average molecular weight is 645 g/mol. The molecule has 6 nitrogen and oxygen atoms in total. The first-order chi connectivity index (χ1) is 22.2. The fraction of sp³-hybridized carbons (Fsp3) is 0.263. The fourth-order valence-electron chi connectivity index (χ4n) is 7.35. The maximum absolute atomic E-state index is 14.0. The van der Waals surface area contributed by atoms with Gasteiger partial charge in [-0.3, -0.25) is 9.59 Å². The number of rotatable bonds is 7. The predicted molar refractivity (Wildman–Crippen MR) is 189 cm³/mol. The molecule has 232 valence electrons. The van der Waals surface area contributed by atoms with E-state index in [4.69, 9.17) is 9.97 Å². The van der Waals surface area contributed by atoms with E-state index < -0.39 is 0 Å². The molecule has 2 atom stereocenters. The van der Waals surface area contributed by atoms with Gasteiger partial charge in [0.15, 0.2) is 0 Å². The zero-order chi connectivity index (χ0) is 31.9. The Bertz CT molecular complexity index is 2050. The van der Waals surface area contributed by atoms with Gasteiger partial charge in [0.25, 0.3) is 11.8 Å². The van der Waals surface area contributed by atoms with Crippen LogP contribution in [0.5, 0.6) is 0 Å². The highest BCUT2D eigenvalue weighted by molar-refractivity contribution is 7.13. The predicted octanol–water partition coefficient (Wildman–Crippen LogP) is 8.98. The summed E-state index contributed by atoms with van der Waals surface area (Å²) in [6, 6.07) is 27.5. The SMILES string of the molecule is CC1(C)C[C@@H](NC(=O)c2cc(-c3cccs3)nc3ccccc23)C[C@@](C)(CNC(=O)c2cc(-c3cccs3)nc3ccccc23)C1. The summed E-state index contributed by atoms with van der Waals surface area (Å²) in [4.78, 5) is 39.5. The average Bonchev–Trinajstić information content (AvgIpc) is 3.77. The van der Waals surface area contributed by atoms with Crippen LogP contribution in [0, 0.1) is 10.8 Å². The van der Waals surface area contributed by atoms with Crippen LogP contribution in [0.2, 0.25) is 0 Å². The number of nitrogens with zero attached hydrogens (tertiary/aromatic N) is 2. The molecule has 46 heavy (non-hydrogen) atoms. The Morgan fingerprint density at radius 1 is 0.739 bits per heavy atom. The molecule has 1 aliphatic carbocycles. The van der Waals surface area contributed by atoms with Crippen molar-refractivity contribution < 1.29 is 9.59 Å². The number of nitrogens with one attached hydrogen (secondary N) is 2. The van der Waals surface area contributed by atoms with Gasteiger partial charge in [-0.05, 0) is 77.3 Å². The van der Waals surface area contributed by atoms with Gasteiger partial charge in [-0.1, -0.05) is 69.3 Å². The molecule has 4 aromatic heterocycles. The van der Waals surface area contributed by atoms with Crippen molar-refractivity contribution in [3.05, 3.63) is 107 Å². The van der Waals surface area contributed by atoms with E-state index >= 15 is 0 Å². The molecule has 2 amide bonds. The maximum Gasteiger partial charge on any atom is 0.252 e. The quantitative estimate of drug-likeness (QED) is 0.182. The molecular weight excluding hydrogens is 609 g/mol. The minimum absolute atomic E-state index is 0.0200. The second-order valence-corrected chi connectivity index (χ2v) is 15.4. The Balaban J connectivity index is 1.12. The van der Waals surface area contributed by atoms with Crippen molar-refractivity contribution in [2.24, 2.45) is 10.8 Å². The van der Waals surface area contributed by atoms with Crippen molar-refractivity contribution in [1.82, 2.24) is 20.6 Å². The molecule has 1 fully saturated rings. The highest BCUT2D eigenvalue weighted by Gasteiger charge is 2.42. The van der Waals surface area contributed by atoms with E-state index in [1.165, 1.54) is 0 Å². The van der Waals surface area contributed by atoms with Crippen LogP contribution in [-0.2, 0) is 0 Å². The van der Waals surface area contributed by atoms with Gasteiger partial charge < -0.3 is 10.6 Å². The molecule has 1 saturated carbocycles. The number of thiophene rings is 2. The number of carbonyl (C=O) groups excluding carboxylic acids is 2. The first-order valence-corrected chi connectivity index (χ1v) is 17.4. The van der Waals surface area contributed by atoms with Crippen molar-refractivity contribution in [1.29, 1.82) is 0 Å². The minimum Gasteiger partial charge on any atom is -0.351 e. The second-order valence-electron chi connectivity index (χ2n) is 13.5. The topological polar surface area (TPSA) is 84.0 Å². The summed E-state index contributed by atoms with van der Waals surface area (Å²) in [7, 11) is 0. The zero-order valence-corrected chi connectivity index (χ0v) is 27.8. The Labute approximate surface area is 276 Å². The Morgan fingerprint density at radius 2 is 1.28 bits per heavy atom. The van der Waals surface area contributed by atoms with Gasteiger partial charge in [0.1, 0.15) is 0 Å². The largest absolute Gasteiger partial charge is 0.351 e. The van der Waals surface area contributed by atoms with E-state index in [9.17, 15) is 9.59 Å². The molecule has 8 heteroatoms. The monoisotopic (exact) mass is 644 g/mol. The lowest BCUT2D eigenvalue weighted by Gasteiger charge is -2.47. The zero-order valence-electron chi connectivity index (χ0n) is 26.2. The number of pyridine rings is 2. The molecule has 0 radical (unpaired) electrons. The number of hydrogen-bond donors (Lipinski definition) is 2. The van der Waals surface area contributed by atoms with Crippen LogP contribution in [0.1, 0.15) is 60.7 Å². The summed E-state index contributed by atoms with van der Waals surface area (Å²) in [5, 5.41) is 12.4. The third-order valence-electron chi connectivity index (χ3n) is 8.92. The lowest BCUT2D eigenvalue weighted by molar-refractivity contribution is 0.0593. The first kappa shape index (κ1) is 30.3. The highest BCUT2D eigenvalue weighted by Crippen LogP contribution is 2.46. The molecule has 4 heterocycles. The third-order valence-corrected chi connectivity index (χ3v) is 10.7. The number of hydrogen-bond acceptors (Lipinski definition) is 6. The summed E-state index contributed by atoms with van der Waals surface area (Å²) in [5.74, 6) is -0.194. The molecule has 0 aliphatic heterocycles. The van der Waals surface area contributed by atoms with Gasteiger partial charge in [0.05, 0.1) is 43.3 Å². The fourth-order valence-corrected chi connectivity index (χ4v) is 8.72. The second kappa shape index (κ2) is 12.1. The van der Waals surface area contributed by atoms with E-state index in [0.29, 0.717) is 17.7 Å². The summed E-state index contributed by atoms with van der Waals surface area (Å²) < 4.78 is 0. The number of benzene rings is 2. The van der Waals surface area contributed by atoms with Gasteiger partial charge in [0.2, 0.25) is 0 Å². The third kappa shape index (κ3) is 6.19. The van der Waals surface area contributed by atoms with Crippen molar-refractivity contribution in [2.45, 2.75) is 46.1 Å². The summed E-state index contributed by atoms with van der Waals surface area (Å²) in [6.45, 7) is 7.25. The molecule has 0 bridgehead atoms. The van der Waals surface area contributed by atoms with Crippen molar-refractivity contribution in [2.75, 3.05) is 6.54 Å². The molecule has 1 aliphatic rings. The summed E-state index contributed by atoms with van der Waals surface area (Å²) >= 11 is 3.23. The molecular formula is C38H36N4O2S2. The van der Waals surface area contributed by atoms with Crippen LogP contribution in [0.4, 0.5) is 0 Å². The first-order valence-electron chi connectivity index (χ1n) is 15.6. The minimum atomic E-state index is -0.211. The smallest absolute Gasteiger partial charge is 0.252 e. The van der Waals surface area contributed by atoms with E-state index in [0.717, 1.165) is 62.2 Å².